The Bertz CT molecular complexity index is 624. The van der Waals surface area contributed by atoms with Crippen LogP contribution in [0.25, 0.3) is 0 Å². The normalized spacial score (nSPS) is 17.8. The van der Waals surface area contributed by atoms with Crippen molar-refractivity contribution in [3.05, 3.63) is 35.9 Å². The van der Waals surface area contributed by atoms with Gasteiger partial charge in [0.1, 0.15) is 18.2 Å². The lowest BCUT2D eigenvalue weighted by Crippen LogP contribution is -2.55. The standard InChI is InChI=1S/C18H24N2O5/c1-18(2,3)25-17(23)20-11-7-10-14(15(20)21)19-16(22)24-12-13-8-5-4-6-9-13/h4-6,8-9,14H,7,10-12H2,1-3H3,(H,19,22)/t14-/m0/s1. The summed E-state index contributed by atoms with van der Waals surface area (Å²) >= 11 is 0. The minimum absolute atomic E-state index is 0.114. The summed E-state index contributed by atoms with van der Waals surface area (Å²) in [4.78, 5) is 37.5. The highest BCUT2D eigenvalue weighted by Gasteiger charge is 2.36. The van der Waals surface area contributed by atoms with Crippen LogP contribution in [0.2, 0.25) is 0 Å². The Morgan fingerprint density at radius 2 is 1.92 bits per heavy atom. The molecule has 1 aliphatic heterocycles. The number of amides is 3. The fourth-order valence-corrected chi connectivity index (χ4v) is 2.41. The van der Waals surface area contributed by atoms with Gasteiger partial charge in [-0.1, -0.05) is 30.3 Å². The van der Waals surface area contributed by atoms with Crippen molar-refractivity contribution in [3.63, 3.8) is 0 Å². The fraction of sp³-hybridized carbons (Fsp3) is 0.500. The maximum Gasteiger partial charge on any atom is 0.417 e. The van der Waals surface area contributed by atoms with E-state index in [1.165, 1.54) is 0 Å². The zero-order chi connectivity index (χ0) is 18.4. The number of rotatable bonds is 3. The van der Waals surface area contributed by atoms with Crippen molar-refractivity contribution < 1.29 is 23.9 Å². The Morgan fingerprint density at radius 1 is 1.24 bits per heavy atom. The highest BCUT2D eigenvalue weighted by atomic mass is 16.6. The second kappa shape index (κ2) is 8.00. The van der Waals surface area contributed by atoms with E-state index < -0.39 is 29.7 Å². The first-order chi connectivity index (χ1) is 11.8. The van der Waals surface area contributed by atoms with Gasteiger partial charge in [0.15, 0.2) is 0 Å². The lowest BCUT2D eigenvalue weighted by atomic mass is 10.1. The van der Waals surface area contributed by atoms with Crippen molar-refractivity contribution >= 4 is 18.1 Å². The van der Waals surface area contributed by atoms with Crippen LogP contribution in [-0.4, -0.2) is 41.2 Å². The molecule has 1 N–H and O–H groups in total. The third kappa shape index (κ3) is 5.77. The van der Waals surface area contributed by atoms with Gasteiger partial charge in [0, 0.05) is 6.54 Å². The molecule has 0 radical (unpaired) electrons. The van der Waals surface area contributed by atoms with E-state index in [1.807, 2.05) is 30.3 Å². The second-order valence-electron chi connectivity index (χ2n) is 6.87. The zero-order valence-electron chi connectivity index (χ0n) is 14.8. The number of carbonyl (C=O) groups excluding carboxylic acids is 3. The van der Waals surface area contributed by atoms with Crippen LogP contribution in [0.1, 0.15) is 39.2 Å². The van der Waals surface area contributed by atoms with Crippen LogP contribution in [0, 0.1) is 0 Å². The van der Waals surface area contributed by atoms with Crippen molar-refractivity contribution in [1.29, 1.82) is 0 Å². The van der Waals surface area contributed by atoms with Crippen LogP contribution in [0.3, 0.4) is 0 Å². The van der Waals surface area contributed by atoms with E-state index in [-0.39, 0.29) is 13.2 Å². The quantitative estimate of drug-likeness (QED) is 0.908. The van der Waals surface area contributed by atoms with E-state index in [1.54, 1.807) is 20.8 Å². The number of benzene rings is 1. The average molecular weight is 348 g/mol. The number of hydrogen-bond donors (Lipinski definition) is 1. The third-order valence-corrected chi connectivity index (χ3v) is 3.56. The van der Waals surface area contributed by atoms with Gasteiger partial charge in [-0.2, -0.15) is 0 Å². The molecule has 3 amide bonds. The first-order valence-electron chi connectivity index (χ1n) is 8.28. The molecule has 7 nitrogen and oxygen atoms in total. The lowest BCUT2D eigenvalue weighted by molar-refractivity contribution is -0.134. The van der Waals surface area contributed by atoms with Gasteiger partial charge < -0.3 is 14.8 Å². The van der Waals surface area contributed by atoms with E-state index in [4.69, 9.17) is 9.47 Å². The highest BCUT2D eigenvalue weighted by molar-refractivity contribution is 5.97. The molecule has 1 aromatic carbocycles. The Morgan fingerprint density at radius 3 is 2.56 bits per heavy atom. The topological polar surface area (TPSA) is 84.9 Å². The van der Waals surface area contributed by atoms with Gasteiger partial charge in [-0.3, -0.25) is 4.79 Å². The summed E-state index contributed by atoms with van der Waals surface area (Å²) < 4.78 is 10.3. The predicted octanol–water partition coefficient (Wildman–Crippen LogP) is 2.84. The number of ether oxygens (including phenoxy) is 2. The molecule has 0 saturated carbocycles. The van der Waals surface area contributed by atoms with Crippen LogP contribution in [0.15, 0.2) is 30.3 Å². The zero-order valence-corrected chi connectivity index (χ0v) is 14.8. The molecule has 2 rings (SSSR count). The molecule has 136 valence electrons. The Balaban J connectivity index is 1.87. The molecular formula is C18H24N2O5. The van der Waals surface area contributed by atoms with Gasteiger partial charge in [0.05, 0.1) is 0 Å². The fourth-order valence-electron chi connectivity index (χ4n) is 2.41. The van der Waals surface area contributed by atoms with Gasteiger partial charge in [-0.15, -0.1) is 0 Å². The van der Waals surface area contributed by atoms with E-state index in [0.717, 1.165) is 10.5 Å². The molecule has 1 fully saturated rings. The number of alkyl carbamates (subject to hydrolysis) is 1. The first-order valence-corrected chi connectivity index (χ1v) is 8.28. The highest BCUT2D eigenvalue weighted by Crippen LogP contribution is 2.16. The minimum Gasteiger partial charge on any atom is -0.445 e. The van der Waals surface area contributed by atoms with Gasteiger partial charge in [-0.25, -0.2) is 14.5 Å². The first kappa shape index (κ1) is 18.8. The van der Waals surface area contributed by atoms with Crippen LogP contribution < -0.4 is 5.32 Å². The largest absolute Gasteiger partial charge is 0.445 e. The Kier molecular flexibility index (Phi) is 6.01. The van der Waals surface area contributed by atoms with Crippen LogP contribution in [0.4, 0.5) is 9.59 Å². The maximum atomic E-state index is 12.4. The molecule has 0 unspecified atom stereocenters. The van der Waals surface area contributed by atoms with Gasteiger partial charge in [-0.05, 0) is 39.2 Å². The molecule has 1 aromatic rings. The smallest absolute Gasteiger partial charge is 0.417 e. The maximum absolute atomic E-state index is 12.4. The summed E-state index contributed by atoms with van der Waals surface area (Å²) in [6.07, 6.45) is -0.331. The van der Waals surface area contributed by atoms with E-state index in [9.17, 15) is 14.4 Å². The van der Waals surface area contributed by atoms with Crippen LogP contribution in [0.5, 0.6) is 0 Å². The molecule has 25 heavy (non-hydrogen) atoms. The lowest BCUT2D eigenvalue weighted by Gasteiger charge is -2.32. The summed E-state index contributed by atoms with van der Waals surface area (Å²) in [6.45, 7) is 5.59. The van der Waals surface area contributed by atoms with Crippen molar-refractivity contribution in [2.75, 3.05) is 6.54 Å². The molecule has 1 saturated heterocycles. The van der Waals surface area contributed by atoms with E-state index in [2.05, 4.69) is 5.32 Å². The number of carbonyl (C=O) groups is 3. The van der Waals surface area contributed by atoms with E-state index in [0.29, 0.717) is 12.8 Å². The molecule has 0 spiro atoms. The summed E-state index contributed by atoms with van der Waals surface area (Å²) in [6, 6.07) is 8.45. The van der Waals surface area contributed by atoms with Crippen LogP contribution in [-0.2, 0) is 20.9 Å². The molecule has 7 heteroatoms. The number of likely N-dealkylation sites (tertiary alicyclic amines) is 1. The summed E-state index contributed by atoms with van der Waals surface area (Å²) in [5, 5.41) is 2.53. The van der Waals surface area contributed by atoms with Gasteiger partial charge >= 0.3 is 12.2 Å². The van der Waals surface area contributed by atoms with Crippen molar-refractivity contribution in [1.82, 2.24) is 10.2 Å². The molecule has 0 bridgehead atoms. The van der Waals surface area contributed by atoms with Crippen LogP contribution >= 0.6 is 0 Å². The number of piperidine rings is 1. The second-order valence-corrected chi connectivity index (χ2v) is 6.87. The number of imide groups is 1. The minimum atomic E-state index is -0.787. The van der Waals surface area contributed by atoms with Crippen molar-refractivity contribution in [2.45, 2.75) is 51.9 Å². The molecule has 1 heterocycles. The number of hydrogen-bond acceptors (Lipinski definition) is 5. The molecule has 1 atom stereocenters. The summed E-state index contributed by atoms with van der Waals surface area (Å²) in [7, 11) is 0. The molecule has 0 aliphatic carbocycles. The van der Waals surface area contributed by atoms with E-state index >= 15 is 0 Å². The van der Waals surface area contributed by atoms with Crippen molar-refractivity contribution in [2.24, 2.45) is 0 Å². The summed E-state index contributed by atoms with van der Waals surface area (Å²) in [5.74, 6) is -0.475. The molecule has 0 aromatic heterocycles. The molecular weight excluding hydrogens is 324 g/mol. The van der Waals surface area contributed by atoms with Crippen molar-refractivity contribution in [3.8, 4) is 0 Å². The predicted molar refractivity (Wildman–Crippen MR) is 90.7 cm³/mol. The number of nitrogens with zero attached hydrogens (tertiary/aromatic N) is 1. The monoisotopic (exact) mass is 348 g/mol. The molecule has 1 aliphatic rings. The number of nitrogens with one attached hydrogen (secondary N) is 1. The summed E-state index contributed by atoms with van der Waals surface area (Å²) in [5.41, 5.74) is 0.162. The average Bonchev–Trinajstić information content (AvgIpc) is 2.54. The van der Waals surface area contributed by atoms with Gasteiger partial charge in [0.25, 0.3) is 5.91 Å². The SMILES string of the molecule is CC(C)(C)OC(=O)N1CCC[C@H](NC(=O)OCc2ccccc2)C1=O. The third-order valence-electron chi connectivity index (χ3n) is 3.56. The van der Waals surface area contributed by atoms with Gasteiger partial charge in [0.2, 0.25) is 0 Å². The Labute approximate surface area is 147 Å². The Hall–Kier alpha value is -2.57.